The molecule has 11 aromatic rings. The van der Waals surface area contributed by atoms with Gasteiger partial charge in [-0.3, -0.25) is 0 Å². The van der Waals surface area contributed by atoms with Crippen LogP contribution in [-0.4, -0.2) is 15.0 Å². The zero-order chi connectivity index (χ0) is 40.5. The van der Waals surface area contributed by atoms with Gasteiger partial charge in [0.1, 0.15) is 11.2 Å². The number of furan rings is 1. The highest BCUT2D eigenvalue weighted by molar-refractivity contribution is 6.09. The van der Waals surface area contributed by atoms with Crippen LogP contribution in [0.5, 0.6) is 0 Å². The summed E-state index contributed by atoms with van der Waals surface area (Å²) in [5, 5.41) is 2.27. The molecule has 0 aliphatic carbocycles. The summed E-state index contributed by atoms with van der Waals surface area (Å²) < 4.78 is 6.32. The Kier molecular flexibility index (Phi) is 9.14. The second kappa shape index (κ2) is 15.5. The first-order valence-corrected chi connectivity index (χ1v) is 20.5. The molecule has 0 unspecified atom stereocenters. The molecule has 61 heavy (non-hydrogen) atoms. The first kappa shape index (κ1) is 35.9. The molecular weight excluding hydrogens is 743 g/mol. The van der Waals surface area contributed by atoms with E-state index in [9.17, 15) is 0 Å². The van der Waals surface area contributed by atoms with Crippen LogP contribution in [0, 0.1) is 0 Å². The number of fused-ring (bicyclic) bond motifs is 3. The minimum absolute atomic E-state index is 0.617. The summed E-state index contributed by atoms with van der Waals surface area (Å²) >= 11 is 0. The van der Waals surface area contributed by atoms with Crippen molar-refractivity contribution < 1.29 is 4.42 Å². The normalized spacial score (nSPS) is 11.3. The van der Waals surface area contributed by atoms with Gasteiger partial charge in [0.2, 0.25) is 0 Å². The summed E-state index contributed by atoms with van der Waals surface area (Å²) in [7, 11) is 0. The van der Waals surface area contributed by atoms with Gasteiger partial charge in [-0.15, -0.1) is 0 Å². The van der Waals surface area contributed by atoms with Crippen LogP contribution in [0.15, 0.2) is 229 Å². The van der Waals surface area contributed by atoms with Crippen LogP contribution in [0.1, 0.15) is 0 Å². The summed E-state index contributed by atoms with van der Waals surface area (Å²) in [6.07, 6.45) is 0. The summed E-state index contributed by atoms with van der Waals surface area (Å²) in [6, 6.07) is 78.2. The maximum atomic E-state index is 6.32. The SMILES string of the molecule is c1ccc(-c2ccc(-c3nc(-c4cccc(-c5ccc(-c6ccc(-c7cccc8c7oc7ccccc78)cc6)cc5)c4)nc(-c4ccccc4-c4ccccc4)n3)cc2)cc1. The van der Waals surface area contributed by atoms with Crippen molar-refractivity contribution >= 4 is 21.9 Å². The molecule has 286 valence electrons. The fourth-order valence-corrected chi connectivity index (χ4v) is 8.25. The minimum atomic E-state index is 0.617. The van der Waals surface area contributed by atoms with E-state index < -0.39 is 0 Å². The monoisotopic (exact) mass is 779 g/mol. The average molecular weight is 780 g/mol. The van der Waals surface area contributed by atoms with E-state index in [-0.39, 0.29) is 0 Å². The third-order valence-corrected chi connectivity index (χ3v) is 11.4. The van der Waals surface area contributed by atoms with E-state index in [4.69, 9.17) is 19.4 Å². The Morgan fingerprint density at radius 3 is 1.34 bits per heavy atom. The van der Waals surface area contributed by atoms with Gasteiger partial charge in [-0.25, -0.2) is 15.0 Å². The third kappa shape index (κ3) is 6.96. The standard InChI is InChI=1S/C57H37N3O/c1-3-13-38(14-4-1)39-31-35-45(36-32-39)55-58-56(60-57(59-55)52-21-8-7-19-48(52)43-15-5-2-6-16-43)47-18-11-17-46(37-47)42-27-25-40(26-28-42)41-29-33-44(34-30-41)49-22-12-23-51-50-20-9-10-24-53(50)61-54(49)51/h1-37H. The van der Waals surface area contributed by atoms with E-state index in [1.807, 2.05) is 30.3 Å². The molecule has 0 radical (unpaired) electrons. The van der Waals surface area contributed by atoms with Gasteiger partial charge in [0.05, 0.1) is 0 Å². The molecule has 0 aliphatic rings. The summed E-state index contributed by atoms with van der Waals surface area (Å²) in [6.45, 7) is 0. The molecule has 4 heteroatoms. The Morgan fingerprint density at radius 2 is 0.656 bits per heavy atom. The Morgan fingerprint density at radius 1 is 0.246 bits per heavy atom. The number of nitrogens with zero attached hydrogens (tertiary/aromatic N) is 3. The third-order valence-electron chi connectivity index (χ3n) is 11.4. The van der Waals surface area contributed by atoms with Crippen molar-refractivity contribution in [2.75, 3.05) is 0 Å². The molecule has 0 spiro atoms. The van der Waals surface area contributed by atoms with E-state index in [0.717, 1.165) is 88.7 Å². The number of rotatable bonds is 8. The predicted octanol–water partition coefficient (Wildman–Crippen LogP) is 15.1. The molecule has 11 rings (SSSR count). The number of aromatic nitrogens is 3. The molecule has 0 saturated carbocycles. The number of benzene rings is 9. The molecule has 0 bridgehead atoms. The Bertz CT molecular complexity index is 3320. The van der Waals surface area contributed by atoms with Crippen molar-refractivity contribution in [1.29, 1.82) is 0 Å². The van der Waals surface area contributed by atoms with E-state index in [2.05, 4.69) is 194 Å². The molecular formula is C57H37N3O. The second-order valence-electron chi connectivity index (χ2n) is 15.2. The molecule has 0 N–H and O–H groups in total. The predicted molar refractivity (Wildman–Crippen MR) is 251 cm³/mol. The average Bonchev–Trinajstić information content (AvgIpc) is 3.74. The van der Waals surface area contributed by atoms with E-state index >= 15 is 0 Å². The van der Waals surface area contributed by atoms with E-state index in [1.165, 1.54) is 5.56 Å². The van der Waals surface area contributed by atoms with Crippen molar-refractivity contribution in [1.82, 2.24) is 15.0 Å². The van der Waals surface area contributed by atoms with Crippen molar-refractivity contribution in [3.8, 4) is 89.8 Å². The first-order valence-electron chi connectivity index (χ1n) is 20.5. The molecule has 2 heterocycles. The van der Waals surface area contributed by atoms with E-state index in [1.54, 1.807) is 0 Å². The number of hydrogen-bond acceptors (Lipinski definition) is 4. The van der Waals surface area contributed by atoms with Gasteiger partial charge in [0.25, 0.3) is 0 Å². The van der Waals surface area contributed by atoms with Gasteiger partial charge < -0.3 is 4.42 Å². The Labute approximate surface area is 354 Å². The molecule has 4 nitrogen and oxygen atoms in total. The lowest BCUT2D eigenvalue weighted by molar-refractivity contribution is 0.670. The van der Waals surface area contributed by atoms with Gasteiger partial charge in [-0.1, -0.05) is 212 Å². The fraction of sp³-hybridized carbons (Fsp3) is 0. The molecule has 0 aliphatic heterocycles. The van der Waals surface area contributed by atoms with E-state index in [0.29, 0.717) is 17.5 Å². The van der Waals surface area contributed by atoms with Gasteiger partial charge >= 0.3 is 0 Å². The van der Waals surface area contributed by atoms with Crippen LogP contribution in [0.2, 0.25) is 0 Å². The summed E-state index contributed by atoms with van der Waals surface area (Å²) in [5.74, 6) is 1.87. The molecule has 0 saturated heterocycles. The van der Waals surface area contributed by atoms with Gasteiger partial charge in [0.15, 0.2) is 17.5 Å². The number of para-hydroxylation sites is 2. The lowest BCUT2D eigenvalue weighted by Crippen LogP contribution is -2.01. The Balaban J connectivity index is 0.924. The summed E-state index contributed by atoms with van der Waals surface area (Å²) in [5.41, 5.74) is 15.8. The zero-order valence-corrected chi connectivity index (χ0v) is 33.1. The molecule has 0 fully saturated rings. The maximum Gasteiger partial charge on any atom is 0.164 e. The van der Waals surface area contributed by atoms with Crippen molar-refractivity contribution in [3.05, 3.63) is 224 Å². The van der Waals surface area contributed by atoms with Gasteiger partial charge in [0, 0.05) is 33.0 Å². The lowest BCUT2D eigenvalue weighted by Gasteiger charge is -2.13. The summed E-state index contributed by atoms with van der Waals surface area (Å²) in [4.78, 5) is 15.4. The zero-order valence-electron chi connectivity index (χ0n) is 33.1. The lowest BCUT2D eigenvalue weighted by atomic mass is 9.97. The van der Waals surface area contributed by atoms with Crippen LogP contribution in [0.3, 0.4) is 0 Å². The highest BCUT2D eigenvalue weighted by Gasteiger charge is 2.17. The molecule has 0 atom stereocenters. The van der Waals surface area contributed by atoms with Crippen LogP contribution in [0.25, 0.3) is 112 Å². The van der Waals surface area contributed by atoms with Gasteiger partial charge in [-0.05, 0) is 62.2 Å². The van der Waals surface area contributed by atoms with Crippen LogP contribution in [0.4, 0.5) is 0 Å². The van der Waals surface area contributed by atoms with Crippen molar-refractivity contribution in [2.45, 2.75) is 0 Å². The van der Waals surface area contributed by atoms with Crippen LogP contribution >= 0.6 is 0 Å². The second-order valence-corrected chi connectivity index (χ2v) is 15.2. The highest BCUT2D eigenvalue weighted by atomic mass is 16.3. The fourth-order valence-electron chi connectivity index (χ4n) is 8.25. The van der Waals surface area contributed by atoms with Crippen molar-refractivity contribution in [3.63, 3.8) is 0 Å². The van der Waals surface area contributed by atoms with Crippen LogP contribution in [-0.2, 0) is 0 Å². The Hall–Kier alpha value is -8.21. The highest BCUT2D eigenvalue weighted by Crippen LogP contribution is 2.38. The molecule has 0 amide bonds. The maximum absolute atomic E-state index is 6.32. The largest absolute Gasteiger partial charge is 0.455 e. The van der Waals surface area contributed by atoms with Gasteiger partial charge in [-0.2, -0.15) is 0 Å². The van der Waals surface area contributed by atoms with Crippen molar-refractivity contribution in [2.24, 2.45) is 0 Å². The number of hydrogen-bond donors (Lipinski definition) is 0. The quantitative estimate of drug-likeness (QED) is 0.154. The van der Waals surface area contributed by atoms with Crippen LogP contribution < -0.4 is 0 Å². The minimum Gasteiger partial charge on any atom is -0.455 e. The topological polar surface area (TPSA) is 51.8 Å². The smallest absolute Gasteiger partial charge is 0.164 e. The molecule has 2 aromatic heterocycles. The molecule has 9 aromatic carbocycles. The first-order chi connectivity index (χ1) is 30.2.